The number of hydrogen-bond donors (Lipinski definition) is 3. The minimum absolute atomic E-state index is 0.260. The van der Waals surface area contributed by atoms with Gasteiger partial charge in [-0.15, -0.1) is 0 Å². The minimum Gasteiger partial charge on any atom is -0.508 e. The van der Waals surface area contributed by atoms with Crippen LogP contribution in [0.3, 0.4) is 0 Å². The highest BCUT2D eigenvalue weighted by Crippen LogP contribution is 2.16. The summed E-state index contributed by atoms with van der Waals surface area (Å²) in [4.78, 5) is 0. The van der Waals surface area contributed by atoms with E-state index in [2.05, 4.69) is 0 Å². The monoisotopic (exact) mass is 372 g/mol. The Morgan fingerprint density at radius 3 is 0.741 bits per heavy atom. The second-order valence-electron chi connectivity index (χ2n) is 5.09. The van der Waals surface area contributed by atoms with Gasteiger partial charge in [0.25, 0.3) is 0 Å². The molecule has 0 fully saturated rings. The van der Waals surface area contributed by atoms with Gasteiger partial charge in [-0.2, -0.15) is 0 Å². The van der Waals surface area contributed by atoms with Gasteiger partial charge in [0.2, 0.25) is 0 Å². The summed E-state index contributed by atoms with van der Waals surface area (Å²) in [7, 11) is 4.77. The Morgan fingerprint density at radius 1 is 0.407 bits per heavy atom. The van der Waals surface area contributed by atoms with Crippen LogP contribution in [0.25, 0.3) is 0 Å². The number of hydrogen-bond acceptors (Lipinski definition) is 6. The van der Waals surface area contributed by atoms with Crippen LogP contribution in [0.15, 0.2) is 72.8 Å². The van der Waals surface area contributed by atoms with Crippen LogP contribution in [0, 0.1) is 0 Å². The third kappa shape index (κ3) is 8.92. The molecular weight excluding hydrogens is 348 g/mol. The average Bonchev–Trinajstić information content (AvgIpc) is 2.71. The first kappa shape index (κ1) is 21.5. The second-order valence-corrected chi connectivity index (χ2v) is 5.09. The normalized spacial score (nSPS) is 9.00. The summed E-state index contributed by atoms with van der Waals surface area (Å²) in [6.07, 6.45) is 0. The van der Waals surface area contributed by atoms with Crippen LogP contribution in [0.4, 0.5) is 0 Å². The molecule has 6 heteroatoms. The molecule has 0 amide bonds. The molecule has 3 aromatic carbocycles. The zero-order valence-corrected chi connectivity index (χ0v) is 15.5. The van der Waals surface area contributed by atoms with Gasteiger partial charge in [-0.25, -0.2) is 0 Å². The Morgan fingerprint density at radius 2 is 0.593 bits per heavy atom. The Hall–Kier alpha value is -3.54. The number of rotatable bonds is 3. The zero-order chi connectivity index (χ0) is 20.1. The van der Waals surface area contributed by atoms with Gasteiger partial charge in [-0.05, 0) is 72.8 Å². The summed E-state index contributed by atoms with van der Waals surface area (Å²) in [5.41, 5.74) is 0. The van der Waals surface area contributed by atoms with Crippen LogP contribution < -0.4 is 14.2 Å². The first-order valence-corrected chi connectivity index (χ1v) is 7.97. The summed E-state index contributed by atoms with van der Waals surface area (Å²) in [6, 6.07) is 19.7. The summed E-state index contributed by atoms with van der Waals surface area (Å²) in [5.74, 6) is 3.05. The van der Waals surface area contributed by atoms with Gasteiger partial charge in [-0.1, -0.05) is 0 Å². The molecule has 0 radical (unpaired) electrons. The minimum atomic E-state index is 0.260. The van der Waals surface area contributed by atoms with Crippen molar-refractivity contribution in [2.45, 2.75) is 0 Å². The van der Waals surface area contributed by atoms with E-state index in [1.807, 2.05) is 0 Å². The summed E-state index contributed by atoms with van der Waals surface area (Å²) in [6.45, 7) is 0. The number of methoxy groups -OCH3 is 3. The number of phenolic OH excluding ortho intramolecular Hbond substituents is 3. The molecule has 27 heavy (non-hydrogen) atoms. The van der Waals surface area contributed by atoms with Gasteiger partial charge in [0.15, 0.2) is 0 Å². The average molecular weight is 372 g/mol. The van der Waals surface area contributed by atoms with Crippen molar-refractivity contribution in [2.75, 3.05) is 21.3 Å². The second kappa shape index (κ2) is 11.9. The van der Waals surface area contributed by atoms with Crippen molar-refractivity contribution in [2.24, 2.45) is 0 Å². The molecule has 0 spiro atoms. The molecule has 3 N–H and O–H groups in total. The zero-order valence-electron chi connectivity index (χ0n) is 15.5. The van der Waals surface area contributed by atoms with Crippen LogP contribution in [0.1, 0.15) is 0 Å². The molecule has 0 saturated heterocycles. The van der Waals surface area contributed by atoms with Crippen LogP contribution >= 0.6 is 0 Å². The fraction of sp³-hybridized carbons (Fsp3) is 0.143. The van der Waals surface area contributed by atoms with E-state index in [0.29, 0.717) is 0 Å². The van der Waals surface area contributed by atoms with E-state index in [0.717, 1.165) is 17.2 Å². The number of aromatic hydroxyl groups is 3. The van der Waals surface area contributed by atoms with Crippen molar-refractivity contribution in [3.63, 3.8) is 0 Å². The first-order chi connectivity index (χ1) is 13.0. The predicted octanol–water partition coefficient (Wildman–Crippen LogP) is 4.20. The molecule has 0 aromatic heterocycles. The van der Waals surface area contributed by atoms with E-state index >= 15 is 0 Å². The van der Waals surface area contributed by atoms with Crippen molar-refractivity contribution in [3.8, 4) is 34.5 Å². The maximum absolute atomic E-state index is 8.80. The van der Waals surface area contributed by atoms with Gasteiger partial charge in [-0.3, -0.25) is 0 Å². The maximum Gasteiger partial charge on any atom is 0.119 e. The van der Waals surface area contributed by atoms with E-state index in [1.165, 1.54) is 0 Å². The fourth-order valence-corrected chi connectivity index (χ4v) is 1.75. The molecule has 3 aromatic rings. The van der Waals surface area contributed by atoms with E-state index in [4.69, 9.17) is 29.5 Å². The topological polar surface area (TPSA) is 88.4 Å². The van der Waals surface area contributed by atoms with E-state index in [1.54, 1.807) is 94.1 Å². The third-order valence-electron chi connectivity index (χ3n) is 3.22. The lowest BCUT2D eigenvalue weighted by Gasteiger charge is -1.96. The Balaban J connectivity index is 0.000000202. The highest BCUT2D eigenvalue weighted by atomic mass is 16.5. The molecule has 0 saturated carbocycles. The molecular formula is C21H24O6. The molecule has 0 aliphatic rings. The van der Waals surface area contributed by atoms with Crippen LogP contribution in [0.2, 0.25) is 0 Å². The summed E-state index contributed by atoms with van der Waals surface area (Å²) < 4.78 is 14.6. The Bertz CT molecular complexity index is 644. The standard InChI is InChI=1S/3C7H8O2/c3*1-9-7-4-2-6(8)3-5-7/h3*2-5,8H,1H3. The molecule has 0 atom stereocenters. The van der Waals surface area contributed by atoms with E-state index < -0.39 is 0 Å². The Labute approximate surface area is 158 Å². The van der Waals surface area contributed by atoms with Crippen molar-refractivity contribution in [3.05, 3.63) is 72.8 Å². The number of phenols is 3. The predicted molar refractivity (Wildman–Crippen MR) is 104 cm³/mol. The van der Waals surface area contributed by atoms with Crippen molar-refractivity contribution in [1.82, 2.24) is 0 Å². The molecule has 6 nitrogen and oxygen atoms in total. The van der Waals surface area contributed by atoms with E-state index in [9.17, 15) is 0 Å². The molecule has 0 bridgehead atoms. The quantitative estimate of drug-likeness (QED) is 0.638. The first-order valence-electron chi connectivity index (χ1n) is 7.97. The molecule has 0 unspecified atom stereocenters. The van der Waals surface area contributed by atoms with Crippen LogP contribution in [0.5, 0.6) is 34.5 Å². The summed E-state index contributed by atoms with van der Waals surface area (Å²) in [5, 5.41) is 26.4. The van der Waals surface area contributed by atoms with Crippen molar-refractivity contribution >= 4 is 0 Å². The van der Waals surface area contributed by atoms with Gasteiger partial charge >= 0.3 is 0 Å². The van der Waals surface area contributed by atoms with Gasteiger partial charge in [0.1, 0.15) is 34.5 Å². The van der Waals surface area contributed by atoms with E-state index in [-0.39, 0.29) is 17.2 Å². The molecule has 0 aliphatic heterocycles. The maximum atomic E-state index is 8.80. The fourth-order valence-electron chi connectivity index (χ4n) is 1.75. The van der Waals surface area contributed by atoms with Gasteiger partial charge in [0.05, 0.1) is 21.3 Å². The number of ether oxygens (including phenoxy) is 3. The highest BCUT2D eigenvalue weighted by Gasteiger charge is 1.89. The molecule has 0 heterocycles. The SMILES string of the molecule is COc1ccc(O)cc1.COc1ccc(O)cc1.COc1ccc(O)cc1. The Kier molecular flexibility index (Phi) is 9.49. The van der Waals surface area contributed by atoms with Crippen molar-refractivity contribution < 1.29 is 29.5 Å². The largest absolute Gasteiger partial charge is 0.508 e. The highest BCUT2D eigenvalue weighted by molar-refractivity contribution is 5.31. The lowest BCUT2D eigenvalue weighted by molar-refractivity contribution is 0.412. The van der Waals surface area contributed by atoms with Crippen molar-refractivity contribution in [1.29, 1.82) is 0 Å². The smallest absolute Gasteiger partial charge is 0.119 e. The third-order valence-corrected chi connectivity index (χ3v) is 3.22. The lowest BCUT2D eigenvalue weighted by atomic mass is 10.3. The molecule has 0 aliphatic carbocycles. The van der Waals surface area contributed by atoms with Crippen LogP contribution in [-0.2, 0) is 0 Å². The van der Waals surface area contributed by atoms with Crippen LogP contribution in [-0.4, -0.2) is 36.6 Å². The lowest BCUT2D eigenvalue weighted by Crippen LogP contribution is -1.79. The number of benzene rings is 3. The summed E-state index contributed by atoms with van der Waals surface area (Å²) >= 11 is 0. The van der Waals surface area contributed by atoms with Gasteiger partial charge in [0, 0.05) is 0 Å². The molecule has 144 valence electrons. The van der Waals surface area contributed by atoms with Gasteiger partial charge < -0.3 is 29.5 Å². The molecule has 3 rings (SSSR count).